The minimum Gasteiger partial charge on any atom is -0.291 e. The summed E-state index contributed by atoms with van der Waals surface area (Å²) in [7, 11) is 1.78. The average molecular weight is 227 g/mol. The highest BCUT2D eigenvalue weighted by atomic mass is 16.1. The molecule has 1 aliphatic carbocycles. The second kappa shape index (κ2) is 3.52. The summed E-state index contributed by atoms with van der Waals surface area (Å²) in [6.07, 6.45) is 8.56. The smallest absolute Gasteiger partial charge is 0.195 e. The Morgan fingerprint density at radius 3 is 3.00 bits per heavy atom. The molecule has 0 amide bonds. The van der Waals surface area contributed by atoms with Gasteiger partial charge < -0.3 is 0 Å². The minimum atomic E-state index is -0.224. The zero-order chi connectivity index (χ0) is 12.0. The number of aliphatic imine (C=N–C) groups is 1. The zero-order valence-corrected chi connectivity index (χ0v) is 9.84. The number of hydrogen-bond donors (Lipinski definition) is 0. The first kappa shape index (κ1) is 10.2. The van der Waals surface area contributed by atoms with E-state index in [4.69, 9.17) is 0 Å². The highest BCUT2D eigenvalue weighted by Gasteiger charge is 2.32. The van der Waals surface area contributed by atoms with Gasteiger partial charge in [0.15, 0.2) is 5.78 Å². The van der Waals surface area contributed by atoms with Gasteiger partial charge in [0.25, 0.3) is 0 Å². The van der Waals surface area contributed by atoms with Crippen molar-refractivity contribution in [3.63, 3.8) is 0 Å². The molecule has 0 aromatic carbocycles. The molecule has 1 atom stereocenters. The van der Waals surface area contributed by atoms with Crippen LogP contribution in [-0.2, 0) is 7.05 Å². The molecule has 0 radical (unpaired) electrons. The molecule has 2 aliphatic rings. The Hall–Kier alpha value is -1.97. The fraction of sp³-hybridized carbons (Fsp3) is 0.308. The second-order valence-corrected chi connectivity index (χ2v) is 4.31. The molecule has 0 fully saturated rings. The van der Waals surface area contributed by atoms with E-state index in [1.807, 2.05) is 18.2 Å². The van der Waals surface area contributed by atoms with E-state index in [2.05, 4.69) is 17.0 Å². The molecule has 86 valence electrons. The molecule has 3 rings (SSSR count). The van der Waals surface area contributed by atoms with Crippen LogP contribution in [-0.4, -0.2) is 21.3 Å². The molecule has 1 unspecified atom stereocenters. The highest BCUT2D eigenvalue weighted by Crippen LogP contribution is 2.31. The first-order valence-electron chi connectivity index (χ1n) is 5.74. The average Bonchev–Trinajstić information content (AvgIpc) is 2.71. The first-order valence-corrected chi connectivity index (χ1v) is 5.74. The minimum absolute atomic E-state index is 0.0975. The molecule has 0 spiro atoms. The van der Waals surface area contributed by atoms with Crippen LogP contribution in [0.25, 0.3) is 0 Å². The van der Waals surface area contributed by atoms with Gasteiger partial charge in [-0.15, -0.1) is 0 Å². The van der Waals surface area contributed by atoms with Crippen molar-refractivity contribution in [2.24, 2.45) is 18.0 Å². The van der Waals surface area contributed by atoms with E-state index in [1.54, 1.807) is 17.9 Å². The summed E-state index contributed by atoms with van der Waals surface area (Å²) in [5.74, 6) is -0.127. The van der Waals surface area contributed by atoms with Crippen LogP contribution in [0, 0.1) is 5.92 Å². The van der Waals surface area contributed by atoms with Gasteiger partial charge in [-0.05, 0) is 12.5 Å². The lowest BCUT2D eigenvalue weighted by atomic mass is 9.86. The van der Waals surface area contributed by atoms with Gasteiger partial charge in [0, 0.05) is 7.05 Å². The van der Waals surface area contributed by atoms with Gasteiger partial charge in [0.2, 0.25) is 0 Å². The normalized spacial score (nSPS) is 21.8. The number of nitrogens with zero attached hydrogens (tertiary/aromatic N) is 3. The van der Waals surface area contributed by atoms with Crippen molar-refractivity contribution in [1.29, 1.82) is 0 Å². The molecule has 4 nitrogen and oxygen atoms in total. The summed E-state index contributed by atoms with van der Waals surface area (Å²) < 4.78 is 1.61. The number of aryl methyl sites for hydroxylation is 1. The molecule has 0 N–H and O–H groups in total. The number of carbonyl (C=O) groups is 1. The third kappa shape index (κ3) is 1.40. The fourth-order valence-corrected chi connectivity index (χ4v) is 2.28. The molecule has 0 bridgehead atoms. The molecular formula is C13H13N3O. The monoisotopic (exact) mass is 227 g/mol. The van der Waals surface area contributed by atoms with Crippen LogP contribution in [0.2, 0.25) is 0 Å². The summed E-state index contributed by atoms with van der Waals surface area (Å²) in [6, 6.07) is 0. The van der Waals surface area contributed by atoms with Gasteiger partial charge in [0.1, 0.15) is 11.4 Å². The van der Waals surface area contributed by atoms with Gasteiger partial charge >= 0.3 is 0 Å². The van der Waals surface area contributed by atoms with E-state index < -0.39 is 0 Å². The predicted octanol–water partition coefficient (Wildman–Crippen LogP) is 2.21. The Balaban J connectivity index is 2.14. The van der Waals surface area contributed by atoms with Crippen LogP contribution in [0.5, 0.6) is 0 Å². The van der Waals surface area contributed by atoms with Crippen molar-refractivity contribution in [1.82, 2.24) is 9.78 Å². The topological polar surface area (TPSA) is 47.2 Å². The maximum atomic E-state index is 12.4. The number of ketones is 1. The van der Waals surface area contributed by atoms with Crippen molar-refractivity contribution >= 4 is 17.2 Å². The Kier molecular flexibility index (Phi) is 2.11. The summed E-state index contributed by atoms with van der Waals surface area (Å²) in [6.45, 7) is 2.08. The molecule has 0 saturated heterocycles. The predicted molar refractivity (Wildman–Crippen MR) is 65.6 cm³/mol. The maximum absolute atomic E-state index is 12.4. The highest BCUT2D eigenvalue weighted by molar-refractivity contribution is 6.22. The number of allylic oxidation sites excluding steroid dienone is 4. The van der Waals surface area contributed by atoms with Crippen LogP contribution in [0.3, 0.4) is 0 Å². The third-order valence-electron chi connectivity index (χ3n) is 3.26. The van der Waals surface area contributed by atoms with E-state index in [9.17, 15) is 4.79 Å². The number of hydrogen-bond acceptors (Lipinski definition) is 3. The SMILES string of the molecule is CCC1=CC2C(=O)c3c(cnn3C)N=C2C=C1. The molecular weight excluding hydrogens is 214 g/mol. The molecule has 1 aromatic heterocycles. The van der Waals surface area contributed by atoms with Crippen LogP contribution < -0.4 is 0 Å². The Bertz CT molecular complexity index is 590. The van der Waals surface area contributed by atoms with Crippen molar-refractivity contribution in [3.8, 4) is 0 Å². The molecule has 0 saturated carbocycles. The van der Waals surface area contributed by atoms with E-state index in [-0.39, 0.29) is 11.7 Å². The molecule has 1 aliphatic heterocycles. The molecule has 1 aromatic rings. The van der Waals surface area contributed by atoms with E-state index in [0.29, 0.717) is 11.4 Å². The van der Waals surface area contributed by atoms with E-state index >= 15 is 0 Å². The summed E-state index contributed by atoms with van der Waals surface area (Å²) in [5, 5.41) is 4.09. The lowest BCUT2D eigenvalue weighted by Crippen LogP contribution is -2.28. The number of aromatic nitrogens is 2. The Morgan fingerprint density at radius 2 is 2.24 bits per heavy atom. The van der Waals surface area contributed by atoms with Crippen LogP contribution in [0.1, 0.15) is 23.8 Å². The number of carbonyl (C=O) groups excluding carboxylic acids is 1. The lowest BCUT2D eigenvalue weighted by Gasteiger charge is -2.21. The number of rotatable bonds is 1. The van der Waals surface area contributed by atoms with Crippen molar-refractivity contribution < 1.29 is 4.79 Å². The summed E-state index contributed by atoms with van der Waals surface area (Å²) in [5.41, 5.74) is 3.31. The van der Waals surface area contributed by atoms with Gasteiger partial charge in [-0.2, -0.15) is 5.10 Å². The Morgan fingerprint density at radius 1 is 1.41 bits per heavy atom. The van der Waals surface area contributed by atoms with Gasteiger partial charge in [-0.25, -0.2) is 4.99 Å². The van der Waals surface area contributed by atoms with E-state index in [1.165, 1.54) is 5.57 Å². The van der Waals surface area contributed by atoms with Crippen molar-refractivity contribution in [2.45, 2.75) is 13.3 Å². The Labute approximate surface area is 99.4 Å². The van der Waals surface area contributed by atoms with Crippen LogP contribution in [0.15, 0.2) is 35.0 Å². The zero-order valence-electron chi connectivity index (χ0n) is 9.84. The van der Waals surface area contributed by atoms with Crippen molar-refractivity contribution in [3.05, 3.63) is 35.7 Å². The lowest BCUT2D eigenvalue weighted by molar-refractivity contribution is 0.0962. The second-order valence-electron chi connectivity index (χ2n) is 4.31. The fourth-order valence-electron chi connectivity index (χ4n) is 2.28. The molecule has 4 heteroatoms. The van der Waals surface area contributed by atoms with Gasteiger partial charge in [0.05, 0.1) is 17.8 Å². The maximum Gasteiger partial charge on any atom is 0.195 e. The summed E-state index contributed by atoms with van der Waals surface area (Å²) in [4.78, 5) is 16.9. The van der Waals surface area contributed by atoms with Gasteiger partial charge in [-0.3, -0.25) is 9.48 Å². The molecule has 17 heavy (non-hydrogen) atoms. The summed E-state index contributed by atoms with van der Waals surface area (Å²) >= 11 is 0. The van der Waals surface area contributed by atoms with Gasteiger partial charge in [-0.1, -0.05) is 24.6 Å². The number of Topliss-reactive ketones (excluding diaryl/α,β-unsaturated/α-hetero) is 1. The largest absolute Gasteiger partial charge is 0.291 e. The number of fused-ring (bicyclic) bond motifs is 2. The van der Waals surface area contributed by atoms with Crippen LogP contribution in [0.4, 0.5) is 5.69 Å². The van der Waals surface area contributed by atoms with Crippen LogP contribution >= 0.6 is 0 Å². The van der Waals surface area contributed by atoms with E-state index in [0.717, 1.165) is 12.1 Å². The quantitative estimate of drug-likeness (QED) is 0.738. The third-order valence-corrected chi connectivity index (χ3v) is 3.26. The standard InChI is InChI=1S/C13H13N3O/c1-3-8-4-5-10-9(6-8)13(17)12-11(15-10)7-14-16(12)2/h4-7,9H,3H2,1-2H3. The van der Waals surface area contributed by atoms with Crippen molar-refractivity contribution in [2.75, 3.05) is 0 Å². The first-order chi connectivity index (χ1) is 8.20. The molecule has 2 heterocycles.